The normalized spacial score (nSPS) is 23.9. The molecule has 3 amide bonds. The van der Waals surface area contributed by atoms with Gasteiger partial charge in [-0.25, -0.2) is 4.79 Å². The number of carbonyl (C=O) groups is 2. The van der Waals surface area contributed by atoms with E-state index in [1.165, 1.54) is 0 Å². The molecule has 1 aromatic heterocycles. The SMILES string of the molecule is O=C(NCc1cccnc1)C1CCCN(C2CCN(C(=O)N3CCCC3)CC2)C1. The number of hydrogen-bond acceptors (Lipinski definition) is 4. The van der Waals surface area contributed by atoms with Crippen LogP contribution in [0.3, 0.4) is 0 Å². The fraction of sp³-hybridized carbons (Fsp3) is 0.682. The van der Waals surface area contributed by atoms with Crippen LogP contribution in [0, 0.1) is 5.92 Å². The molecule has 29 heavy (non-hydrogen) atoms. The first kappa shape index (κ1) is 20.1. The average Bonchev–Trinajstić information content (AvgIpc) is 3.33. The summed E-state index contributed by atoms with van der Waals surface area (Å²) in [5.41, 5.74) is 1.03. The number of pyridine rings is 1. The Hall–Kier alpha value is -2.15. The van der Waals surface area contributed by atoms with Crippen molar-refractivity contribution in [2.24, 2.45) is 5.92 Å². The lowest BCUT2D eigenvalue weighted by atomic mass is 9.93. The third-order valence-electron chi connectivity index (χ3n) is 6.64. The van der Waals surface area contributed by atoms with Gasteiger partial charge in [-0.05, 0) is 56.7 Å². The van der Waals surface area contributed by atoms with E-state index in [9.17, 15) is 9.59 Å². The molecule has 1 unspecified atom stereocenters. The lowest BCUT2D eigenvalue weighted by Gasteiger charge is -2.42. The van der Waals surface area contributed by atoms with Crippen LogP contribution in [0.4, 0.5) is 4.79 Å². The molecule has 3 aliphatic rings. The van der Waals surface area contributed by atoms with E-state index in [-0.39, 0.29) is 17.9 Å². The molecular weight excluding hydrogens is 366 g/mol. The minimum absolute atomic E-state index is 0.0599. The van der Waals surface area contributed by atoms with Gasteiger partial charge in [0, 0.05) is 57.7 Å². The number of amides is 3. The maximum Gasteiger partial charge on any atom is 0.319 e. The topological polar surface area (TPSA) is 68.8 Å². The number of piperidine rings is 2. The Balaban J connectivity index is 1.23. The lowest BCUT2D eigenvalue weighted by Crippen LogP contribution is -2.53. The molecule has 3 saturated heterocycles. The molecule has 158 valence electrons. The first-order valence-electron chi connectivity index (χ1n) is 11.2. The highest BCUT2D eigenvalue weighted by molar-refractivity contribution is 5.79. The second kappa shape index (κ2) is 9.57. The van der Waals surface area contributed by atoms with Gasteiger partial charge in [-0.1, -0.05) is 6.07 Å². The standard InChI is InChI=1S/C22H33N5O2/c28-21(24-16-18-5-3-9-23-15-18)19-6-4-12-27(17-19)20-7-13-26(14-8-20)22(29)25-10-1-2-11-25/h3,5,9,15,19-20H,1-2,4,6-8,10-14,16-17H2,(H,24,28). The number of carbonyl (C=O) groups excluding carboxylic acids is 2. The van der Waals surface area contributed by atoms with Gasteiger partial charge in [-0.3, -0.25) is 14.7 Å². The van der Waals surface area contributed by atoms with Crippen LogP contribution in [0.25, 0.3) is 0 Å². The first-order valence-corrected chi connectivity index (χ1v) is 11.2. The van der Waals surface area contributed by atoms with Crippen molar-refractivity contribution >= 4 is 11.9 Å². The van der Waals surface area contributed by atoms with Crippen molar-refractivity contribution in [1.29, 1.82) is 0 Å². The van der Waals surface area contributed by atoms with E-state index in [0.717, 1.165) is 83.4 Å². The summed E-state index contributed by atoms with van der Waals surface area (Å²) in [7, 11) is 0. The summed E-state index contributed by atoms with van der Waals surface area (Å²) in [5.74, 6) is 0.213. The van der Waals surface area contributed by atoms with E-state index in [0.29, 0.717) is 12.6 Å². The van der Waals surface area contributed by atoms with Crippen LogP contribution < -0.4 is 5.32 Å². The van der Waals surface area contributed by atoms with E-state index in [1.807, 2.05) is 21.9 Å². The van der Waals surface area contributed by atoms with Crippen molar-refractivity contribution in [2.75, 3.05) is 39.3 Å². The Bertz CT molecular complexity index is 684. The van der Waals surface area contributed by atoms with E-state index in [4.69, 9.17) is 0 Å². The monoisotopic (exact) mass is 399 g/mol. The van der Waals surface area contributed by atoms with Crippen molar-refractivity contribution in [3.8, 4) is 0 Å². The lowest BCUT2D eigenvalue weighted by molar-refractivity contribution is -0.127. The van der Waals surface area contributed by atoms with Crippen LogP contribution in [0.5, 0.6) is 0 Å². The maximum atomic E-state index is 12.7. The highest BCUT2D eigenvalue weighted by Gasteiger charge is 2.33. The number of hydrogen-bond donors (Lipinski definition) is 1. The molecule has 0 radical (unpaired) electrons. The van der Waals surface area contributed by atoms with Crippen LogP contribution in [0.1, 0.15) is 44.1 Å². The van der Waals surface area contributed by atoms with Crippen LogP contribution >= 0.6 is 0 Å². The fourth-order valence-electron chi connectivity index (χ4n) is 4.92. The zero-order valence-corrected chi connectivity index (χ0v) is 17.3. The van der Waals surface area contributed by atoms with E-state index in [1.54, 1.807) is 12.4 Å². The predicted molar refractivity (Wildman–Crippen MR) is 111 cm³/mol. The number of urea groups is 1. The van der Waals surface area contributed by atoms with Gasteiger partial charge in [0.15, 0.2) is 0 Å². The third-order valence-corrected chi connectivity index (χ3v) is 6.64. The quantitative estimate of drug-likeness (QED) is 0.842. The predicted octanol–water partition coefficient (Wildman–Crippen LogP) is 2.09. The van der Waals surface area contributed by atoms with Crippen molar-refractivity contribution in [3.63, 3.8) is 0 Å². The number of likely N-dealkylation sites (tertiary alicyclic amines) is 3. The molecule has 7 heteroatoms. The van der Waals surface area contributed by atoms with Crippen LogP contribution in [0.2, 0.25) is 0 Å². The number of nitrogens with zero attached hydrogens (tertiary/aromatic N) is 4. The minimum atomic E-state index is 0.0599. The molecule has 7 nitrogen and oxygen atoms in total. The van der Waals surface area contributed by atoms with Gasteiger partial charge in [-0.15, -0.1) is 0 Å². The van der Waals surface area contributed by atoms with Crippen LogP contribution in [-0.4, -0.2) is 76.9 Å². The van der Waals surface area contributed by atoms with Crippen molar-refractivity contribution in [3.05, 3.63) is 30.1 Å². The highest BCUT2D eigenvalue weighted by Crippen LogP contribution is 2.25. The molecule has 0 bridgehead atoms. The molecule has 1 N–H and O–H groups in total. The Morgan fingerprint density at radius 1 is 1.00 bits per heavy atom. The summed E-state index contributed by atoms with van der Waals surface area (Å²) in [5, 5.41) is 3.08. The molecule has 0 spiro atoms. The summed E-state index contributed by atoms with van der Waals surface area (Å²) in [6.07, 6.45) is 9.88. The van der Waals surface area contributed by atoms with Gasteiger partial charge in [-0.2, -0.15) is 0 Å². The highest BCUT2D eigenvalue weighted by atomic mass is 16.2. The van der Waals surface area contributed by atoms with Gasteiger partial charge < -0.3 is 15.1 Å². The van der Waals surface area contributed by atoms with Gasteiger partial charge in [0.1, 0.15) is 0 Å². The second-order valence-electron chi connectivity index (χ2n) is 8.61. The van der Waals surface area contributed by atoms with E-state index < -0.39 is 0 Å². The molecule has 4 heterocycles. The minimum Gasteiger partial charge on any atom is -0.352 e. The summed E-state index contributed by atoms with van der Waals surface area (Å²) >= 11 is 0. The zero-order chi connectivity index (χ0) is 20.1. The van der Waals surface area contributed by atoms with Crippen molar-refractivity contribution < 1.29 is 9.59 Å². The van der Waals surface area contributed by atoms with E-state index in [2.05, 4.69) is 15.2 Å². The fourth-order valence-corrected chi connectivity index (χ4v) is 4.92. The molecule has 0 saturated carbocycles. The van der Waals surface area contributed by atoms with Gasteiger partial charge in [0.25, 0.3) is 0 Å². The summed E-state index contributed by atoms with van der Waals surface area (Å²) < 4.78 is 0. The molecule has 0 aromatic carbocycles. The maximum absolute atomic E-state index is 12.7. The number of nitrogens with one attached hydrogen (secondary N) is 1. The van der Waals surface area contributed by atoms with Gasteiger partial charge in [0.05, 0.1) is 5.92 Å². The molecule has 0 aliphatic carbocycles. The largest absolute Gasteiger partial charge is 0.352 e. The molecule has 1 aromatic rings. The zero-order valence-electron chi connectivity index (χ0n) is 17.3. The Morgan fingerprint density at radius 2 is 1.76 bits per heavy atom. The molecule has 3 fully saturated rings. The van der Waals surface area contributed by atoms with Crippen molar-refractivity contribution in [1.82, 2.24) is 25.0 Å². The molecule has 3 aliphatic heterocycles. The summed E-state index contributed by atoms with van der Waals surface area (Å²) in [4.78, 5) is 35.9. The molecule has 1 atom stereocenters. The third kappa shape index (κ3) is 5.07. The molecule has 4 rings (SSSR count). The van der Waals surface area contributed by atoms with E-state index >= 15 is 0 Å². The Labute approximate surface area is 173 Å². The van der Waals surface area contributed by atoms with Crippen LogP contribution in [0.15, 0.2) is 24.5 Å². The van der Waals surface area contributed by atoms with Gasteiger partial charge in [0.2, 0.25) is 5.91 Å². The summed E-state index contributed by atoms with van der Waals surface area (Å²) in [6.45, 7) is 5.96. The van der Waals surface area contributed by atoms with Crippen LogP contribution in [-0.2, 0) is 11.3 Å². The molecular formula is C22H33N5O2. The number of rotatable bonds is 4. The number of aromatic nitrogens is 1. The first-order chi connectivity index (χ1) is 14.2. The Morgan fingerprint density at radius 3 is 2.48 bits per heavy atom. The smallest absolute Gasteiger partial charge is 0.319 e. The summed E-state index contributed by atoms with van der Waals surface area (Å²) in [6, 6.07) is 4.60. The Kier molecular flexibility index (Phi) is 6.64. The second-order valence-corrected chi connectivity index (χ2v) is 8.61. The van der Waals surface area contributed by atoms with Gasteiger partial charge >= 0.3 is 6.03 Å². The van der Waals surface area contributed by atoms with Crippen molar-refractivity contribution in [2.45, 2.75) is 51.1 Å². The average molecular weight is 400 g/mol.